The lowest BCUT2D eigenvalue weighted by Crippen LogP contribution is -1.82. The van der Waals surface area contributed by atoms with Crippen LogP contribution < -0.4 is 0 Å². The van der Waals surface area contributed by atoms with Crippen molar-refractivity contribution in [2.75, 3.05) is 0 Å². The monoisotopic (exact) mass is 188 g/mol. The van der Waals surface area contributed by atoms with E-state index in [9.17, 15) is 0 Å². The third-order valence-corrected chi connectivity index (χ3v) is 2.02. The van der Waals surface area contributed by atoms with Gasteiger partial charge in [0.2, 0.25) is 0 Å². The Morgan fingerprint density at radius 3 is 3.00 bits per heavy atom. The number of nitrogens with zero attached hydrogens (tertiary/aromatic N) is 2. The van der Waals surface area contributed by atoms with Gasteiger partial charge in [0.15, 0.2) is 0 Å². The van der Waals surface area contributed by atoms with Crippen LogP contribution in [0.4, 0.5) is 0 Å². The van der Waals surface area contributed by atoms with E-state index in [0.29, 0.717) is 10.6 Å². The first-order valence-electron chi connectivity index (χ1n) is 3.75. The minimum Gasteiger partial charge on any atom is -0.256 e. The van der Waals surface area contributed by atoms with Crippen molar-refractivity contribution in [3.8, 4) is 6.07 Å². The highest BCUT2D eigenvalue weighted by molar-refractivity contribution is 6.31. The van der Waals surface area contributed by atoms with Gasteiger partial charge >= 0.3 is 0 Å². The topological polar surface area (TPSA) is 36.7 Å². The molecule has 0 unspecified atom stereocenters. The summed E-state index contributed by atoms with van der Waals surface area (Å²) in [7, 11) is 0. The summed E-state index contributed by atoms with van der Waals surface area (Å²) in [5.74, 6) is 0. The summed E-state index contributed by atoms with van der Waals surface area (Å²) in [6, 6.07) is 9.14. The zero-order chi connectivity index (χ0) is 9.26. The molecule has 1 heterocycles. The molecular weight excluding hydrogens is 184 g/mol. The van der Waals surface area contributed by atoms with E-state index in [-0.39, 0.29) is 0 Å². The van der Waals surface area contributed by atoms with Gasteiger partial charge in [0, 0.05) is 16.6 Å². The molecule has 2 aromatic rings. The van der Waals surface area contributed by atoms with Crippen LogP contribution in [0.5, 0.6) is 0 Å². The molecule has 2 nitrogen and oxygen atoms in total. The van der Waals surface area contributed by atoms with E-state index in [1.165, 1.54) is 0 Å². The second-order valence-corrected chi connectivity index (χ2v) is 3.07. The summed E-state index contributed by atoms with van der Waals surface area (Å²) >= 11 is 5.81. The number of aromatic nitrogens is 1. The first-order chi connectivity index (χ1) is 6.31. The summed E-state index contributed by atoms with van der Waals surface area (Å²) in [6.07, 6.45) is 1.68. The van der Waals surface area contributed by atoms with Crippen LogP contribution in [0.25, 0.3) is 10.9 Å². The molecule has 0 fully saturated rings. The first kappa shape index (κ1) is 8.03. The molecule has 2 rings (SSSR count). The summed E-state index contributed by atoms with van der Waals surface area (Å²) in [5, 5.41) is 10.2. The van der Waals surface area contributed by atoms with Gasteiger partial charge in [0.1, 0.15) is 0 Å². The summed E-state index contributed by atoms with van der Waals surface area (Å²) in [5.41, 5.74) is 1.32. The summed E-state index contributed by atoms with van der Waals surface area (Å²) in [6.45, 7) is 0. The van der Waals surface area contributed by atoms with Crippen molar-refractivity contribution in [2.45, 2.75) is 0 Å². The Morgan fingerprint density at radius 1 is 1.38 bits per heavy atom. The lowest BCUT2D eigenvalue weighted by atomic mass is 10.1. The lowest BCUT2D eigenvalue weighted by Gasteiger charge is -1.98. The van der Waals surface area contributed by atoms with E-state index < -0.39 is 0 Å². The fourth-order valence-corrected chi connectivity index (χ4v) is 1.45. The molecule has 0 aliphatic heterocycles. The number of rotatable bonds is 0. The Kier molecular flexibility index (Phi) is 1.88. The molecule has 0 N–H and O–H groups in total. The van der Waals surface area contributed by atoms with Crippen LogP contribution in [0.3, 0.4) is 0 Å². The average Bonchev–Trinajstić information content (AvgIpc) is 2.16. The van der Waals surface area contributed by atoms with Crippen molar-refractivity contribution < 1.29 is 0 Å². The Morgan fingerprint density at radius 2 is 2.23 bits per heavy atom. The first-order valence-corrected chi connectivity index (χ1v) is 4.13. The second-order valence-electron chi connectivity index (χ2n) is 2.64. The molecule has 0 radical (unpaired) electrons. The summed E-state index contributed by atoms with van der Waals surface area (Å²) < 4.78 is 0. The molecule has 0 atom stereocenters. The van der Waals surface area contributed by atoms with Gasteiger partial charge in [-0.1, -0.05) is 11.6 Å². The van der Waals surface area contributed by atoms with Crippen LogP contribution in [-0.2, 0) is 0 Å². The molecule has 0 amide bonds. The van der Waals surface area contributed by atoms with Crippen molar-refractivity contribution >= 4 is 22.5 Å². The fourth-order valence-electron chi connectivity index (χ4n) is 1.24. The number of fused-ring (bicyclic) bond motifs is 1. The average molecular weight is 189 g/mol. The molecule has 0 aliphatic carbocycles. The van der Waals surface area contributed by atoms with Crippen molar-refractivity contribution in [2.24, 2.45) is 0 Å². The van der Waals surface area contributed by atoms with Crippen LogP contribution in [0.15, 0.2) is 30.5 Å². The third kappa shape index (κ3) is 1.34. The van der Waals surface area contributed by atoms with E-state index in [1.807, 2.05) is 6.07 Å². The number of halogens is 1. The lowest BCUT2D eigenvalue weighted by molar-refractivity contribution is 1.40. The van der Waals surface area contributed by atoms with Gasteiger partial charge in [-0.15, -0.1) is 0 Å². The quantitative estimate of drug-likeness (QED) is 0.638. The van der Waals surface area contributed by atoms with Crippen LogP contribution in [0.1, 0.15) is 5.56 Å². The predicted molar refractivity (Wildman–Crippen MR) is 51.5 cm³/mol. The maximum Gasteiger partial charge on any atom is 0.0999 e. The fraction of sp³-hybridized carbons (Fsp3) is 0. The maximum absolute atomic E-state index is 8.82. The van der Waals surface area contributed by atoms with Crippen molar-refractivity contribution in [1.82, 2.24) is 4.98 Å². The largest absolute Gasteiger partial charge is 0.256 e. The van der Waals surface area contributed by atoms with Gasteiger partial charge in [-0.3, -0.25) is 4.98 Å². The molecule has 0 aliphatic rings. The number of pyridine rings is 1. The van der Waals surface area contributed by atoms with Crippen LogP contribution >= 0.6 is 11.6 Å². The normalized spacial score (nSPS) is 9.85. The van der Waals surface area contributed by atoms with E-state index in [4.69, 9.17) is 16.9 Å². The zero-order valence-corrected chi connectivity index (χ0v) is 7.42. The van der Waals surface area contributed by atoms with Crippen molar-refractivity contribution in [1.29, 1.82) is 5.26 Å². The van der Waals surface area contributed by atoms with Crippen molar-refractivity contribution in [3.05, 3.63) is 41.0 Å². The molecule has 0 spiro atoms. The number of hydrogen-bond acceptors (Lipinski definition) is 2. The van der Waals surface area contributed by atoms with Crippen LogP contribution in [0, 0.1) is 11.3 Å². The number of hydrogen-bond donors (Lipinski definition) is 0. The Bertz CT molecular complexity index is 500. The highest BCUT2D eigenvalue weighted by atomic mass is 35.5. The van der Waals surface area contributed by atoms with E-state index >= 15 is 0 Å². The predicted octanol–water partition coefficient (Wildman–Crippen LogP) is 2.76. The molecule has 0 saturated carbocycles. The Labute approximate surface area is 80.4 Å². The molecule has 1 aromatic heterocycles. The highest BCUT2D eigenvalue weighted by Gasteiger charge is 2.01. The van der Waals surface area contributed by atoms with Crippen LogP contribution in [-0.4, -0.2) is 4.98 Å². The highest BCUT2D eigenvalue weighted by Crippen LogP contribution is 2.21. The number of benzene rings is 1. The smallest absolute Gasteiger partial charge is 0.0999 e. The summed E-state index contributed by atoms with van der Waals surface area (Å²) in [4.78, 5) is 4.12. The van der Waals surface area contributed by atoms with Gasteiger partial charge < -0.3 is 0 Å². The number of nitriles is 1. The van der Waals surface area contributed by atoms with E-state index in [2.05, 4.69) is 11.1 Å². The molecule has 62 valence electrons. The van der Waals surface area contributed by atoms with Gasteiger partial charge in [0.05, 0.1) is 17.1 Å². The van der Waals surface area contributed by atoms with Gasteiger partial charge in [-0.25, -0.2) is 0 Å². The Balaban J connectivity index is 2.91. The molecular formula is C10H5ClN2. The Hall–Kier alpha value is -1.59. The van der Waals surface area contributed by atoms with Crippen molar-refractivity contribution in [3.63, 3.8) is 0 Å². The van der Waals surface area contributed by atoms with Gasteiger partial charge in [-0.2, -0.15) is 5.26 Å². The molecule has 1 aromatic carbocycles. The SMILES string of the molecule is N#Cc1cc(Cl)cc2ncccc12. The standard InChI is InChI=1S/C10H5ClN2/c11-8-4-7(6-12)9-2-1-3-13-10(9)5-8/h1-5H. The molecule has 3 heteroatoms. The van der Waals surface area contributed by atoms with E-state index in [1.54, 1.807) is 24.4 Å². The minimum absolute atomic E-state index is 0.544. The van der Waals surface area contributed by atoms with Gasteiger partial charge in [-0.05, 0) is 24.3 Å². The molecule has 13 heavy (non-hydrogen) atoms. The van der Waals surface area contributed by atoms with E-state index in [0.717, 1.165) is 10.9 Å². The molecule has 0 bridgehead atoms. The van der Waals surface area contributed by atoms with Gasteiger partial charge in [0.25, 0.3) is 0 Å². The maximum atomic E-state index is 8.82. The third-order valence-electron chi connectivity index (χ3n) is 1.81. The second kappa shape index (κ2) is 3.04. The zero-order valence-electron chi connectivity index (χ0n) is 6.66. The minimum atomic E-state index is 0.544. The van der Waals surface area contributed by atoms with Crippen LogP contribution in [0.2, 0.25) is 5.02 Å². The molecule has 0 saturated heterocycles.